The van der Waals surface area contributed by atoms with Crippen LogP contribution < -0.4 is 9.47 Å². The Balaban J connectivity index is 2.00. The SMILES string of the molecule is C/C=C1\C(=C/CC)Oc2ccc(Br)cc2C12c1ccccc1Oc1ccccc12. The van der Waals surface area contributed by atoms with Crippen molar-refractivity contribution in [1.29, 1.82) is 0 Å². The van der Waals surface area contributed by atoms with Crippen molar-refractivity contribution in [3.05, 3.63) is 111 Å². The quantitative estimate of drug-likeness (QED) is 0.386. The van der Waals surface area contributed by atoms with Crippen molar-refractivity contribution in [2.24, 2.45) is 0 Å². The predicted molar refractivity (Wildman–Crippen MR) is 120 cm³/mol. The van der Waals surface area contributed by atoms with Crippen molar-refractivity contribution >= 4 is 15.9 Å². The zero-order valence-corrected chi connectivity index (χ0v) is 18.0. The van der Waals surface area contributed by atoms with Gasteiger partial charge in [-0.2, -0.15) is 0 Å². The summed E-state index contributed by atoms with van der Waals surface area (Å²) < 4.78 is 13.8. The number of hydrogen-bond acceptors (Lipinski definition) is 2. The highest BCUT2D eigenvalue weighted by atomic mass is 79.9. The van der Waals surface area contributed by atoms with Gasteiger partial charge in [0, 0.05) is 26.7 Å². The van der Waals surface area contributed by atoms with E-state index in [2.05, 4.69) is 90.5 Å². The first-order valence-corrected chi connectivity index (χ1v) is 10.7. The molecule has 2 aliphatic rings. The molecule has 3 aromatic carbocycles. The zero-order valence-electron chi connectivity index (χ0n) is 16.4. The summed E-state index contributed by atoms with van der Waals surface area (Å²) in [7, 11) is 0. The van der Waals surface area contributed by atoms with Gasteiger partial charge < -0.3 is 9.47 Å². The first-order chi connectivity index (χ1) is 14.2. The van der Waals surface area contributed by atoms with E-state index >= 15 is 0 Å². The van der Waals surface area contributed by atoms with E-state index < -0.39 is 5.41 Å². The van der Waals surface area contributed by atoms with Gasteiger partial charge in [0.15, 0.2) is 0 Å². The number of para-hydroxylation sites is 2. The Morgan fingerprint density at radius 3 is 2.07 bits per heavy atom. The van der Waals surface area contributed by atoms with Gasteiger partial charge in [-0.25, -0.2) is 0 Å². The molecule has 1 spiro atoms. The van der Waals surface area contributed by atoms with Gasteiger partial charge >= 0.3 is 0 Å². The Bertz CT molecular complexity index is 1130. The molecule has 0 amide bonds. The van der Waals surface area contributed by atoms with Crippen LogP contribution >= 0.6 is 15.9 Å². The van der Waals surface area contributed by atoms with Crippen molar-refractivity contribution in [3.63, 3.8) is 0 Å². The first kappa shape index (κ1) is 18.3. The molecule has 0 aliphatic carbocycles. The fraction of sp³-hybridized carbons (Fsp3) is 0.154. The second-order valence-electron chi connectivity index (χ2n) is 7.27. The molecule has 0 saturated heterocycles. The fourth-order valence-electron chi connectivity index (χ4n) is 4.66. The smallest absolute Gasteiger partial charge is 0.132 e. The third kappa shape index (κ3) is 2.54. The summed E-state index contributed by atoms with van der Waals surface area (Å²) in [5, 5.41) is 0. The topological polar surface area (TPSA) is 18.5 Å². The molecule has 144 valence electrons. The third-order valence-corrected chi connectivity index (χ3v) is 6.21. The monoisotopic (exact) mass is 444 g/mol. The largest absolute Gasteiger partial charge is 0.457 e. The molecular formula is C26H21BrO2. The van der Waals surface area contributed by atoms with Crippen LogP contribution in [0, 0.1) is 0 Å². The van der Waals surface area contributed by atoms with Crippen molar-refractivity contribution in [1.82, 2.24) is 0 Å². The summed E-state index contributed by atoms with van der Waals surface area (Å²) in [5.74, 6) is 3.56. The summed E-state index contributed by atoms with van der Waals surface area (Å²) in [6.07, 6.45) is 5.25. The van der Waals surface area contributed by atoms with Gasteiger partial charge in [0.25, 0.3) is 0 Å². The van der Waals surface area contributed by atoms with Gasteiger partial charge in [0.1, 0.15) is 23.0 Å². The predicted octanol–water partition coefficient (Wildman–Crippen LogP) is 7.52. The fourth-order valence-corrected chi connectivity index (χ4v) is 5.02. The molecule has 2 heterocycles. The average molecular weight is 445 g/mol. The van der Waals surface area contributed by atoms with Crippen LogP contribution in [0.2, 0.25) is 0 Å². The van der Waals surface area contributed by atoms with E-state index in [1.54, 1.807) is 0 Å². The van der Waals surface area contributed by atoms with Crippen LogP contribution in [-0.4, -0.2) is 0 Å². The lowest BCUT2D eigenvalue weighted by atomic mass is 9.61. The highest BCUT2D eigenvalue weighted by Crippen LogP contribution is 2.60. The highest BCUT2D eigenvalue weighted by molar-refractivity contribution is 9.10. The van der Waals surface area contributed by atoms with E-state index in [9.17, 15) is 0 Å². The summed E-state index contributed by atoms with van der Waals surface area (Å²) in [6, 6.07) is 22.9. The maximum atomic E-state index is 6.42. The van der Waals surface area contributed by atoms with E-state index in [1.807, 2.05) is 18.2 Å². The Kier molecular flexibility index (Phi) is 4.36. The molecule has 0 atom stereocenters. The maximum absolute atomic E-state index is 6.42. The van der Waals surface area contributed by atoms with Gasteiger partial charge in [-0.15, -0.1) is 0 Å². The second kappa shape index (κ2) is 6.93. The maximum Gasteiger partial charge on any atom is 0.132 e. The Hall–Kier alpha value is -2.78. The Morgan fingerprint density at radius 2 is 1.45 bits per heavy atom. The average Bonchev–Trinajstić information content (AvgIpc) is 2.74. The van der Waals surface area contributed by atoms with Crippen LogP contribution in [0.3, 0.4) is 0 Å². The van der Waals surface area contributed by atoms with Crippen LogP contribution in [-0.2, 0) is 5.41 Å². The lowest BCUT2D eigenvalue weighted by Gasteiger charge is -2.46. The molecule has 0 bridgehead atoms. The number of hydrogen-bond donors (Lipinski definition) is 0. The molecule has 0 fully saturated rings. The molecule has 0 saturated carbocycles. The van der Waals surface area contributed by atoms with Gasteiger partial charge in [-0.3, -0.25) is 0 Å². The number of rotatable bonds is 1. The summed E-state index contributed by atoms with van der Waals surface area (Å²) >= 11 is 3.69. The van der Waals surface area contributed by atoms with Crippen LogP contribution in [0.1, 0.15) is 37.0 Å². The third-order valence-electron chi connectivity index (χ3n) is 5.72. The molecule has 0 radical (unpaired) electrons. The molecule has 2 aliphatic heterocycles. The van der Waals surface area contributed by atoms with Crippen LogP contribution in [0.4, 0.5) is 0 Å². The standard InChI is InChI=1S/C26H21BrO2/c1-3-9-22-18(4-2)26(21-16-17(27)14-15-25(21)28-22)19-10-5-7-12-23(19)29-24-13-8-6-11-20(24)26/h4-16H,3H2,1-2H3/b18-4+,22-9+. The van der Waals surface area contributed by atoms with Crippen molar-refractivity contribution in [2.45, 2.75) is 25.7 Å². The minimum Gasteiger partial charge on any atom is -0.457 e. The van der Waals surface area contributed by atoms with E-state index in [0.717, 1.165) is 56.2 Å². The summed E-state index contributed by atoms with van der Waals surface area (Å²) in [6.45, 7) is 4.23. The minimum atomic E-state index is -0.501. The lowest BCUT2D eigenvalue weighted by Crippen LogP contribution is -2.39. The van der Waals surface area contributed by atoms with E-state index in [0.29, 0.717) is 0 Å². The molecule has 29 heavy (non-hydrogen) atoms. The number of allylic oxidation sites excluding steroid dienone is 3. The van der Waals surface area contributed by atoms with E-state index in [1.165, 1.54) is 0 Å². The minimum absolute atomic E-state index is 0.501. The molecule has 3 heteroatoms. The summed E-state index contributed by atoms with van der Waals surface area (Å²) in [5.41, 5.74) is 4.04. The molecule has 5 rings (SSSR count). The van der Waals surface area contributed by atoms with Crippen molar-refractivity contribution < 1.29 is 9.47 Å². The number of benzene rings is 3. The van der Waals surface area contributed by atoms with Gasteiger partial charge in [-0.05, 0) is 49.8 Å². The number of ether oxygens (including phenoxy) is 2. The Morgan fingerprint density at radius 1 is 0.828 bits per heavy atom. The summed E-state index contributed by atoms with van der Waals surface area (Å²) in [4.78, 5) is 0. The normalized spacial score (nSPS) is 18.6. The molecule has 0 unspecified atom stereocenters. The molecule has 3 aromatic rings. The molecule has 2 nitrogen and oxygen atoms in total. The van der Waals surface area contributed by atoms with Crippen LogP contribution in [0.25, 0.3) is 0 Å². The van der Waals surface area contributed by atoms with Gasteiger partial charge in [0.2, 0.25) is 0 Å². The van der Waals surface area contributed by atoms with Crippen molar-refractivity contribution in [3.8, 4) is 17.2 Å². The zero-order chi connectivity index (χ0) is 20.0. The van der Waals surface area contributed by atoms with Crippen LogP contribution in [0.5, 0.6) is 17.2 Å². The number of fused-ring (bicyclic) bond motifs is 6. The molecular weight excluding hydrogens is 424 g/mol. The number of halogens is 1. The van der Waals surface area contributed by atoms with E-state index in [-0.39, 0.29) is 0 Å². The molecule has 0 aromatic heterocycles. The van der Waals surface area contributed by atoms with E-state index in [4.69, 9.17) is 9.47 Å². The van der Waals surface area contributed by atoms with Gasteiger partial charge in [0.05, 0.1) is 5.41 Å². The highest BCUT2D eigenvalue weighted by Gasteiger charge is 2.51. The molecule has 0 N–H and O–H groups in total. The van der Waals surface area contributed by atoms with Gasteiger partial charge in [-0.1, -0.05) is 65.3 Å². The van der Waals surface area contributed by atoms with Crippen LogP contribution in [0.15, 0.2) is 94.7 Å². The second-order valence-corrected chi connectivity index (χ2v) is 8.18. The first-order valence-electron chi connectivity index (χ1n) is 9.92. The lowest BCUT2D eigenvalue weighted by molar-refractivity contribution is 0.366. The van der Waals surface area contributed by atoms with Crippen molar-refractivity contribution in [2.75, 3.05) is 0 Å². The Labute approximate surface area is 179 Å².